The van der Waals surface area contributed by atoms with Crippen LogP contribution in [0.15, 0.2) is 11.1 Å². The van der Waals surface area contributed by atoms with E-state index in [1.165, 1.54) is 11.1 Å². The van der Waals surface area contributed by atoms with Crippen LogP contribution in [0.3, 0.4) is 0 Å². The lowest BCUT2D eigenvalue weighted by molar-refractivity contribution is -0.190. The third kappa shape index (κ3) is 1.87. The first-order chi connectivity index (χ1) is 7.27. The fourth-order valence-corrected chi connectivity index (χ4v) is 2.73. The van der Waals surface area contributed by atoms with Crippen molar-refractivity contribution in [1.82, 2.24) is 0 Å². The highest BCUT2D eigenvalue weighted by atomic mass is 16.5. The summed E-state index contributed by atoms with van der Waals surface area (Å²) in [5.74, 6) is 0. The molecule has 1 heterocycles. The summed E-state index contributed by atoms with van der Waals surface area (Å²) < 4.78 is 6.52. The summed E-state index contributed by atoms with van der Waals surface area (Å²) in [4.78, 5) is 0. The maximum Gasteiger partial charge on any atom is 0.0721 e. The Morgan fingerprint density at radius 3 is 1.06 bits per heavy atom. The Labute approximate surface area is 108 Å². The molecule has 100 valence electrons. The third-order valence-electron chi connectivity index (χ3n) is 5.96. The maximum absolute atomic E-state index is 6.52. The van der Waals surface area contributed by atoms with Crippen molar-refractivity contribution in [3.63, 3.8) is 0 Å². The molecule has 0 aromatic rings. The third-order valence-corrected chi connectivity index (χ3v) is 5.96. The zero-order chi connectivity index (χ0) is 13.9. The molecule has 1 aliphatic rings. The molecule has 1 nitrogen and oxygen atoms in total. The highest BCUT2D eigenvalue weighted by molar-refractivity contribution is 5.30. The van der Waals surface area contributed by atoms with E-state index in [1.54, 1.807) is 0 Å². The quantitative estimate of drug-likeness (QED) is 0.542. The highest BCUT2D eigenvalue weighted by Gasteiger charge is 2.52. The molecule has 0 fully saturated rings. The molecule has 0 radical (unpaired) electrons. The largest absolute Gasteiger partial charge is 0.368 e. The molecule has 0 saturated carbocycles. The smallest absolute Gasteiger partial charge is 0.0721 e. The molecule has 17 heavy (non-hydrogen) atoms. The summed E-state index contributed by atoms with van der Waals surface area (Å²) in [6.07, 6.45) is 0. The molecule has 0 bridgehead atoms. The van der Waals surface area contributed by atoms with Gasteiger partial charge >= 0.3 is 0 Å². The molecular weight excluding hydrogens is 208 g/mol. The van der Waals surface area contributed by atoms with Crippen molar-refractivity contribution in [2.24, 2.45) is 10.8 Å². The van der Waals surface area contributed by atoms with Crippen LogP contribution >= 0.6 is 0 Å². The van der Waals surface area contributed by atoms with E-state index in [-0.39, 0.29) is 22.0 Å². The molecule has 0 saturated heterocycles. The van der Waals surface area contributed by atoms with Gasteiger partial charge in [0.1, 0.15) is 0 Å². The molecule has 0 spiro atoms. The van der Waals surface area contributed by atoms with Gasteiger partial charge in [-0.15, -0.1) is 0 Å². The van der Waals surface area contributed by atoms with Crippen LogP contribution < -0.4 is 0 Å². The van der Waals surface area contributed by atoms with Crippen LogP contribution in [-0.4, -0.2) is 11.2 Å². The van der Waals surface area contributed by atoms with E-state index in [0.717, 1.165) is 0 Å². The van der Waals surface area contributed by atoms with Crippen LogP contribution in [-0.2, 0) is 4.74 Å². The lowest BCUT2D eigenvalue weighted by Gasteiger charge is -2.47. The van der Waals surface area contributed by atoms with Gasteiger partial charge in [-0.3, -0.25) is 0 Å². The number of ether oxygens (including phenoxy) is 1. The van der Waals surface area contributed by atoms with E-state index in [4.69, 9.17) is 4.74 Å². The average molecular weight is 238 g/mol. The van der Waals surface area contributed by atoms with E-state index < -0.39 is 0 Å². The SMILES string of the molecule is CC1=C(C)C(C)(C)C(C)(C)OC(C)(C)C1(C)C. The summed E-state index contributed by atoms with van der Waals surface area (Å²) in [5, 5.41) is 0. The molecule has 0 atom stereocenters. The van der Waals surface area contributed by atoms with Gasteiger partial charge in [0, 0.05) is 10.8 Å². The van der Waals surface area contributed by atoms with Crippen molar-refractivity contribution in [2.45, 2.75) is 80.4 Å². The van der Waals surface area contributed by atoms with Crippen LogP contribution in [0.4, 0.5) is 0 Å². The lowest BCUT2D eigenvalue weighted by Crippen LogP contribution is -2.50. The van der Waals surface area contributed by atoms with Gasteiger partial charge < -0.3 is 4.74 Å². The zero-order valence-electron chi connectivity index (χ0n) is 13.4. The van der Waals surface area contributed by atoms with Gasteiger partial charge in [0.05, 0.1) is 11.2 Å². The van der Waals surface area contributed by atoms with Crippen molar-refractivity contribution in [3.8, 4) is 0 Å². The molecule has 0 aromatic carbocycles. The molecule has 1 aliphatic heterocycles. The maximum atomic E-state index is 6.52. The predicted molar refractivity (Wildman–Crippen MR) is 75.2 cm³/mol. The van der Waals surface area contributed by atoms with Crippen molar-refractivity contribution in [1.29, 1.82) is 0 Å². The van der Waals surface area contributed by atoms with Crippen molar-refractivity contribution >= 4 is 0 Å². The van der Waals surface area contributed by atoms with Gasteiger partial charge in [-0.05, 0) is 41.5 Å². The Morgan fingerprint density at radius 1 is 0.588 bits per heavy atom. The molecule has 1 rings (SSSR count). The van der Waals surface area contributed by atoms with E-state index in [0.29, 0.717) is 0 Å². The second kappa shape index (κ2) is 3.60. The minimum absolute atomic E-state index is 0.0577. The van der Waals surface area contributed by atoms with E-state index in [9.17, 15) is 0 Å². The van der Waals surface area contributed by atoms with Crippen LogP contribution in [0.2, 0.25) is 0 Å². The van der Waals surface area contributed by atoms with Gasteiger partial charge in [-0.1, -0.05) is 38.8 Å². The summed E-state index contributed by atoms with van der Waals surface area (Å²) in [7, 11) is 0. The Hall–Kier alpha value is -0.300. The molecule has 0 unspecified atom stereocenters. The van der Waals surface area contributed by atoms with Crippen molar-refractivity contribution < 1.29 is 4.74 Å². The van der Waals surface area contributed by atoms with Gasteiger partial charge in [0.2, 0.25) is 0 Å². The Balaban J connectivity index is 3.56. The molecule has 0 N–H and O–H groups in total. The second-order valence-electron chi connectivity index (χ2n) is 7.62. The fourth-order valence-electron chi connectivity index (χ4n) is 2.73. The highest BCUT2D eigenvalue weighted by Crippen LogP contribution is 2.54. The van der Waals surface area contributed by atoms with E-state index in [2.05, 4.69) is 69.2 Å². The van der Waals surface area contributed by atoms with Crippen molar-refractivity contribution in [2.75, 3.05) is 0 Å². The predicted octanol–water partition coefficient (Wildman–Crippen LogP) is 4.96. The molecule has 0 aromatic heterocycles. The normalized spacial score (nSPS) is 30.0. The topological polar surface area (TPSA) is 9.23 Å². The first-order valence-electron chi connectivity index (χ1n) is 6.66. The number of hydrogen-bond acceptors (Lipinski definition) is 1. The van der Waals surface area contributed by atoms with Crippen LogP contribution in [0.25, 0.3) is 0 Å². The first-order valence-corrected chi connectivity index (χ1v) is 6.66. The monoisotopic (exact) mass is 238 g/mol. The standard InChI is InChI=1S/C16H30O/c1-11-12(2)14(5,6)16(9,10)17-15(7,8)13(11,3)4/h1-10H3. The van der Waals surface area contributed by atoms with Gasteiger partial charge in [0.15, 0.2) is 0 Å². The summed E-state index contributed by atoms with van der Waals surface area (Å²) in [5.41, 5.74) is 2.74. The number of rotatable bonds is 0. The van der Waals surface area contributed by atoms with Crippen molar-refractivity contribution in [3.05, 3.63) is 11.1 Å². The van der Waals surface area contributed by atoms with Crippen LogP contribution in [0, 0.1) is 10.8 Å². The Bertz CT molecular complexity index is 320. The number of hydrogen-bond donors (Lipinski definition) is 0. The molecule has 1 heteroatoms. The Kier molecular flexibility index (Phi) is 3.13. The summed E-state index contributed by atoms with van der Waals surface area (Å²) in [6.45, 7) is 22.6. The fraction of sp³-hybridized carbons (Fsp3) is 0.875. The summed E-state index contributed by atoms with van der Waals surface area (Å²) in [6, 6.07) is 0. The lowest BCUT2D eigenvalue weighted by atomic mass is 9.67. The van der Waals surface area contributed by atoms with Crippen LogP contribution in [0.5, 0.6) is 0 Å². The average Bonchev–Trinajstić information content (AvgIpc) is 2.13. The van der Waals surface area contributed by atoms with Crippen LogP contribution in [0.1, 0.15) is 69.2 Å². The van der Waals surface area contributed by atoms with E-state index in [1.807, 2.05) is 0 Å². The summed E-state index contributed by atoms with van der Waals surface area (Å²) >= 11 is 0. The van der Waals surface area contributed by atoms with Gasteiger partial charge in [-0.25, -0.2) is 0 Å². The van der Waals surface area contributed by atoms with Gasteiger partial charge in [0.25, 0.3) is 0 Å². The minimum atomic E-state index is -0.157. The molecule has 0 aliphatic carbocycles. The Morgan fingerprint density at radius 2 is 0.824 bits per heavy atom. The van der Waals surface area contributed by atoms with Gasteiger partial charge in [-0.2, -0.15) is 0 Å². The first kappa shape index (κ1) is 14.8. The minimum Gasteiger partial charge on any atom is -0.368 e. The van der Waals surface area contributed by atoms with E-state index >= 15 is 0 Å². The zero-order valence-corrected chi connectivity index (χ0v) is 13.4. The molecular formula is C16H30O. The second-order valence-corrected chi connectivity index (χ2v) is 7.62. The molecule has 0 amide bonds.